The number of nitrogens with one attached hydrogen (secondary N) is 1. The van der Waals surface area contributed by atoms with Crippen molar-refractivity contribution in [2.24, 2.45) is 0 Å². The number of aliphatic hydroxyl groups excluding tert-OH is 1. The highest BCUT2D eigenvalue weighted by Crippen LogP contribution is 2.31. The highest BCUT2D eigenvalue weighted by atomic mass is 32.1. The molecule has 24 heavy (non-hydrogen) atoms. The van der Waals surface area contributed by atoms with Gasteiger partial charge in [-0.2, -0.15) is 0 Å². The van der Waals surface area contributed by atoms with Crippen molar-refractivity contribution in [3.05, 3.63) is 21.4 Å². The summed E-state index contributed by atoms with van der Waals surface area (Å²) in [7, 11) is 0. The van der Waals surface area contributed by atoms with Gasteiger partial charge in [0.25, 0.3) is 5.91 Å². The molecular formula is C19H28N2O2S. The molecule has 1 aromatic rings. The van der Waals surface area contributed by atoms with E-state index in [0.29, 0.717) is 6.04 Å². The number of piperidine rings is 1. The van der Waals surface area contributed by atoms with Crippen LogP contribution in [0.15, 0.2) is 6.07 Å². The van der Waals surface area contributed by atoms with Gasteiger partial charge in [0.1, 0.15) is 0 Å². The standard InChI is InChI=1S/C19H28N2O2S/c22-16-6-2-1-5-15(16)21-10-8-14(9-11-21)20-19(23)18-12-13-4-3-7-17(13)24-18/h12,14-16,22H,1-11H2,(H,20,23)/t15-,16-/m0/s1. The van der Waals surface area contributed by atoms with E-state index in [1.165, 1.54) is 23.3 Å². The van der Waals surface area contributed by atoms with Gasteiger partial charge in [0.2, 0.25) is 0 Å². The molecular weight excluding hydrogens is 320 g/mol. The molecule has 1 amide bonds. The molecule has 2 N–H and O–H groups in total. The number of hydrogen-bond acceptors (Lipinski definition) is 4. The molecule has 0 unspecified atom stereocenters. The Kier molecular flexibility index (Phi) is 4.93. The number of rotatable bonds is 3. The Morgan fingerprint density at radius 1 is 1.12 bits per heavy atom. The first-order valence-electron chi connectivity index (χ1n) is 9.55. The smallest absolute Gasteiger partial charge is 0.261 e. The van der Waals surface area contributed by atoms with Gasteiger partial charge in [0.15, 0.2) is 0 Å². The number of aryl methyl sites for hydroxylation is 2. The molecule has 0 bridgehead atoms. The molecule has 1 saturated heterocycles. The van der Waals surface area contributed by atoms with Crippen LogP contribution in [0.25, 0.3) is 0 Å². The SMILES string of the molecule is O=C(NC1CCN([C@H]2CCCC[C@@H]2O)CC1)c1cc2c(s1)CCC2. The number of thiophene rings is 1. The summed E-state index contributed by atoms with van der Waals surface area (Å²) in [5, 5.41) is 13.5. The van der Waals surface area contributed by atoms with Crippen LogP contribution in [0.5, 0.6) is 0 Å². The van der Waals surface area contributed by atoms with Gasteiger partial charge in [-0.1, -0.05) is 12.8 Å². The van der Waals surface area contributed by atoms with Gasteiger partial charge < -0.3 is 10.4 Å². The van der Waals surface area contributed by atoms with Gasteiger partial charge in [-0.15, -0.1) is 11.3 Å². The van der Waals surface area contributed by atoms with Crippen LogP contribution in [0.2, 0.25) is 0 Å². The molecule has 0 spiro atoms. The van der Waals surface area contributed by atoms with E-state index >= 15 is 0 Å². The van der Waals surface area contributed by atoms with E-state index in [-0.39, 0.29) is 18.1 Å². The highest BCUT2D eigenvalue weighted by Gasteiger charge is 2.32. The zero-order valence-electron chi connectivity index (χ0n) is 14.3. The summed E-state index contributed by atoms with van der Waals surface area (Å²) in [4.78, 5) is 17.3. The summed E-state index contributed by atoms with van der Waals surface area (Å²) >= 11 is 1.69. The molecule has 2 fully saturated rings. The molecule has 2 heterocycles. The minimum absolute atomic E-state index is 0.116. The molecule has 1 aromatic heterocycles. The summed E-state index contributed by atoms with van der Waals surface area (Å²) in [6.45, 7) is 1.99. The monoisotopic (exact) mass is 348 g/mol. The van der Waals surface area contributed by atoms with E-state index in [1.807, 2.05) is 0 Å². The zero-order chi connectivity index (χ0) is 16.5. The highest BCUT2D eigenvalue weighted by molar-refractivity contribution is 7.14. The molecule has 2 atom stereocenters. The van der Waals surface area contributed by atoms with Crippen molar-refractivity contribution in [2.75, 3.05) is 13.1 Å². The minimum atomic E-state index is -0.154. The fraction of sp³-hybridized carbons (Fsp3) is 0.737. The molecule has 5 heteroatoms. The zero-order valence-corrected chi connectivity index (χ0v) is 15.1. The Balaban J connectivity index is 1.28. The van der Waals surface area contributed by atoms with Gasteiger partial charge in [-0.25, -0.2) is 0 Å². The van der Waals surface area contributed by atoms with Gasteiger partial charge in [0.05, 0.1) is 11.0 Å². The second kappa shape index (κ2) is 7.14. The van der Waals surface area contributed by atoms with Crippen LogP contribution in [0.1, 0.15) is 65.1 Å². The van der Waals surface area contributed by atoms with E-state index in [9.17, 15) is 9.90 Å². The van der Waals surface area contributed by atoms with Crippen molar-refractivity contribution in [1.82, 2.24) is 10.2 Å². The molecule has 4 rings (SSSR count). The number of likely N-dealkylation sites (tertiary alicyclic amines) is 1. The predicted molar refractivity (Wildman–Crippen MR) is 96.7 cm³/mol. The Morgan fingerprint density at radius 2 is 1.92 bits per heavy atom. The molecule has 0 aromatic carbocycles. The first-order chi connectivity index (χ1) is 11.7. The summed E-state index contributed by atoms with van der Waals surface area (Å²) < 4.78 is 0. The van der Waals surface area contributed by atoms with Crippen molar-refractivity contribution in [2.45, 2.75) is 76.0 Å². The average molecular weight is 349 g/mol. The number of fused-ring (bicyclic) bond motifs is 1. The maximum atomic E-state index is 12.5. The third kappa shape index (κ3) is 3.39. The number of amides is 1. The van der Waals surface area contributed by atoms with Gasteiger partial charge in [-0.3, -0.25) is 9.69 Å². The maximum Gasteiger partial charge on any atom is 0.261 e. The van der Waals surface area contributed by atoms with Crippen LogP contribution in [0, 0.1) is 0 Å². The van der Waals surface area contributed by atoms with E-state index in [0.717, 1.165) is 62.9 Å². The van der Waals surface area contributed by atoms with Gasteiger partial charge in [-0.05, 0) is 56.6 Å². The topological polar surface area (TPSA) is 52.6 Å². The lowest BCUT2D eigenvalue weighted by Gasteiger charge is -2.41. The third-order valence-corrected chi connectivity index (χ3v) is 7.23. The van der Waals surface area contributed by atoms with Crippen LogP contribution in [0.4, 0.5) is 0 Å². The molecule has 1 aliphatic heterocycles. The maximum absolute atomic E-state index is 12.5. The second-order valence-corrected chi connectivity index (χ2v) is 8.75. The lowest BCUT2D eigenvalue weighted by molar-refractivity contribution is 0.00728. The van der Waals surface area contributed by atoms with Crippen LogP contribution in [0.3, 0.4) is 0 Å². The number of hydrogen-bond donors (Lipinski definition) is 2. The van der Waals surface area contributed by atoms with E-state index in [2.05, 4.69) is 16.3 Å². The predicted octanol–water partition coefficient (Wildman–Crippen LogP) is 2.73. The van der Waals surface area contributed by atoms with Crippen LogP contribution < -0.4 is 5.32 Å². The third-order valence-electron chi connectivity index (χ3n) is 6.00. The largest absolute Gasteiger partial charge is 0.391 e. The quantitative estimate of drug-likeness (QED) is 0.883. The number of nitrogens with zero attached hydrogens (tertiary/aromatic N) is 1. The molecule has 3 aliphatic rings. The van der Waals surface area contributed by atoms with Gasteiger partial charge >= 0.3 is 0 Å². The van der Waals surface area contributed by atoms with Crippen molar-refractivity contribution in [3.8, 4) is 0 Å². The van der Waals surface area contributed by atoms with Gasteiger partial charge in [0, 0.05) is 30.1 Å². The Bertz CT molecular complexity index is 571. The summed E-state index contributed by atoms with van der Waals surface area (Å²) in [5.74, 6) is 0.116. The molecule has 132 valence electrons. The van der Waals surface area contributed by atoms with Crippen LogP contribution >= 0.6 is 11.3 Å². The molecule has 1 saturated carbocycles. The van der Waals surface area contributed by atoms with E-state index < -0.39 is 0 Å². The fourth-order valence-corrected chi connectivity index (χ4v) is 5.75. The van der Waals surface area contributed by atoms with Crippen LogP contribution in [-0.4, -0.2) is 47.2 Å². The Hall–Kier alpha value is -0.910. The lowest BCUT2D eigenvalue weighted by Crippen LogP contribution is -2.52. The number of aliphatic hydroxyl groups is 1. The normalized spacial score (nSPS) is 28.7. The van der Waals surface area contributed by atoms with E-state index in [1.54, 1.807) is 11.3 Å². The summed E-state index contributed by atoms with van der Waals surface area (Å²) in [5.41, 5.74) is 1.39. The second-order valence-electron chi connectivity index (χ2n) is 7.62. The summed E-state index contributed by atoms with van der Waals surface area (Å²) in [6, 6.07) is 2.73. The Morgan fingerprint density at radius 3 is 2.67 bits per heavy atom. The fourth-order valence-electron chi connectivity index (χ4n) is 4.59. The molecule has 2 aliphatic carbocycles. The van der Waals surface area contributed by atoms with Crippen molar-refractivity contribution in [1.29, 1.82) is 0 Å². The summed E-state index contributed by atoms with van der Waals surface area (Å²) in [6.07, 6.45) is 9.85. The first kappa shape index (κ1) is 16.6. The first-order valence-corrected chi connectivity index (χ1v) is 10.4. The Labute approximate surface area is 148 Å². The van der Waals surface area contributed by atoms with Crippen molar-refractivity contribution in [3.63, 3.8) is 0 Å². The van der Waals surface area contributed by atoms with Crippen LogP contribution in [-0.2, 0) is 12.8 Å². The lowest BCUT2D eigenvalue weighted by atomic mass is 9.89. The van der Waals surface area contributed by atoms with E-state index in [4.69, 9.17) is 0 Å². The average Bonchev–Trinajstić information content (AvgIpc) is 3.18. The van der Waals surface area contributed by atoms with Crippen molar-refractivity contribution < 1.29 is 9.90 Å². The molecule has 0 radical (unpaired) electrons. The minimum Gasteiger partial charge on any atom is -0.391 e. The number of carbonyl (C=O) groups is 1. The number of carbonyl (C=O) groups excluding carboxylic acids is 1. The molecule has 4 nitrogen and oxygen atoms in total. The van der Waals surface area contributed by atoms with Crippen molar-refractivity contribution >= 4 is 17.2 Å².